The molecule has 0 fully saturated rings. The minimum Gasteiger partial charge on any atom is -0.325 e. The number of nitrogens with one attached hydrogen (secondary N) is 1. The van der Waals surface area contributed by atoms with Gasteiger partial charge < -0.3 is 5.32 Å². The molecular weight excluding hydrogens is 446 g/mol. The summed E-state index contributed by atoms with van der Waals surface area (Å²) in [6.07, 6.45) is 0.901. The molecule has 1 amide bonds. The molecule has 4 rings (SSSR count). The quantitative estimate of drug-likeness (QED) is 0.298. The van der Waals surface area contributed by atoms with Crippen molar-refractivity contribution in [2.75, 3.05) is 11.1 Å². The molecule has 0 atom stereocenters. The molecule has 4 aromatic rings. The van der Waals surface area contributed by atoms with E-state index in [9.17, 15) is 9.59 Å². The standard InChI is InChI=1S/C26H29N5O2S/c1-5-19-8-7-9-21(14-19)27-22(32)16-34-26-28-23-18(4)29-31(6-2)24(23)25(33)30(26)15-20-12-10-17(3)11-13-20/h7-14H,5-6,15-16H2,1-4H3,(H,27,32). The third-order valence-corrected chi connectivity index (χ3v) is 6.67. The number of carbonyl (C=O) groups excluding carboxylic acids is 1. The fraction of sp³-hybridized carbons (Fsp3) is 0.308. The lowest BCUT2D eigenvalue weighted by molar-refractivity contribution is -0.113. The van der Waals surface area contributed by atoms with Crippen molar-refractivity contribution in [2.45, 2.75) is 52.4 Å². The van der Waals surface area contributed by atoms with Crippen LogP contribution in [0, 0.1) is 13.8 Å². The average molecular weight is 476 g/mol. The monoisotopic (exact) mass is 475 g/mol. The van der Waals surface area contributed by atoms with Gasteiger partial charge >= 0.3 is 0 Å². The molecule has 0 radical (unpaired) electrons. The topological polar surface area (TPSA) is 81.8 Å². The van der Waals surface area contributed by atoms with E-state index in [0.717, 1.165) is 28.8 Å². The summed E-state index contributed by atoms with van der Waals surface area (Å²) in [5.41, 5.74) is 5.73. The highest BCUT2D eigenvalue weighted by molar-refractivity contribution is 7.99. The first kappa shape index (κ1) is 23.8. The number of amides is 1. The molecule has 0 saturated heterocycles. The van der Waals surface area contributed by atoms with Gasteiger partial charge in [-0.25, -0.2) is 4.98 Å². The van der Waals surface area contributed by atoms with E-state index in [2.05, 4.69) is 17.3 Å². The van der Waals surface area contributed by atoms with Crippen LogP contribution in [0.3, 0.4) is 0 Å². The molecule has 2 aromatic heterocycles. The Balaban J connectivity index is 1.65. The lowest BCUT2D eigenvalue weighted by atomic mass is 10.1. The predicted molar refractivity (Wildman–Crippen MR) is 138 cm³/mol. The van der Waals surface area contributed by atoms with Crippen molar-refractivity contribution in [3.8, 4) is 0 Å². The summed E-state index contributed by atoms with van der Waals surface area (Å²) < 4.78 is 3.35. The van der Waals surface area contributed by atoms with Crippen LogP contribution in [0.25, 0.3) is 11.0 Å². The molecule has 0 aliphatic heterocycles. The number of hydrogen-bond donors (Lipinski definition) is 1. The molecule has 0 unspecified atom stereocenters. The van der Waals surface area contributed by atoms with Gasteiger partial charge in [0.1, 0.15) is 5.52 Å². The van der Waals surface area contributed by atoms with E-state index >= 15 is 0 Å². The van der Waals surface area contributed by atoms with Gasteiger partial charge in [0.15, 0.2) is 10.7 Å². The number of rotatable bonds is 8. The van der Waals surface area contributed by atoms with Crippen molar-refractivity contribution < 1.29 is 4.79 Å². The van der Waals surface area contributed by atoms with Crippen LogP contribution < -0.4 is 10.9 Å². The van der Waals surface area contributed by atoms with Gasteiger partial charge in [-0.3, -0.25) is 18.8 Å². The minimum atomic E-state index is -0.147. The second kappa shape index (κ2) is 10.3. The Labute approximate surface area is 203 Å². The Morgan fingerprint density at radius 1 is 1.06 bits per heavy atom. The Bertz CT molecular complexity index is 1390. The SMILES string of the molecule is CCc1cccc(NC(=O)CSc2nc3c(C)nn(CC)c3c(=O)n2Cc2ccc(C)cc2)c1. The average Bonchev–Trinajstić information content (AvgIpc) is 3.16. The predicted octanol–water partition coefficient (Wildman–Crippen LogP) is 4.57. The normalized spacial score (nSPS) is 11.2. The number of carbonyl (C=O) groups is 1. The summed E-state index contributed by atoms with van der Waals surface area (Å²) in [7, 11) is 0. The van der Waals surface area contributed by atoms with Crippen LogP contribution in [0.4, 0.5) is 5.69 Å². The van der Waals surface area contributed by atoms with Crippen LogP contribution in [0.2, 0.25) is 0 Å². The molecule has 2 heterocycles. The van der Waals surface area contributed by atoms with Crippen molar-refractivity contribution in [1.82, 2.24) is 19.3 Å². The molecule has 0 saturated carbocycles. The molecule has 0 bridgehead atoms. The number of thioether (sulfide) groups is 1. The van der Waals surface area contributed by atoms with Crippen molar-refractivity contribution in [3.63, 3.8) is 0 Å². The van der Waals surface area contributed by atoms with Gasteiger partial charge in [0.05, 0.1) is 18.0 Å². The van der Waals surface area contributed by atoms with Gasteiger partial charge in [0, 0.05) is 12.2 Å². The highest BCUT2D eigenvalue weighted by Gasteiger charge is 2.19. The van der Waals surface area contributed by atoms with Crippen LogP contribution in [0.15, 0.2) is 58.5 Å². The molecule has 0 aliphatic rings. The van der Waals surface area contributed by atoms with E-state index in [1.807, 2.05) is 69.3 Å². The Hall–Kier alpha value is -3.39. The fourth-order valence-corrected chi connectivity index (χ4v) is 4.63. The van der Waals surface area contributed by atoms with E-state index in [1.54, 1.807) is 9.25 Å². The van der Waals surface area contributed by atoms with E-state index in [4.69, 9.17) is 4.98 Å². The molecule has 0 aliphatic carbocycles. The second-order valence-corrected chi connectivity index (χ2v) is 9.20. The molecule has 7 nitrogen and oxygen atoms in total. The zero-order valence-electron chi connectivity index (χ0n) is 20.0. The van der Waals surface area contributed by atoms with E-state index in [1.165, 1.54) is 11.8 Å². The van der Waals surface area contributed by atoms with Crippen molar-refractivity contribution >= 4 is 34.4 Å². The molecule has 1 N–H and O–H groups in total. The largest absolute Gasteiger partial charge is 0.325 e. The minimum absolute atomic E-state index is 0.142. The summed E-state index contributed by atoms with van der Waals surface area (Å²) in [6.45, 7) is 8.87. The third kappa shape index (κ3) is 5.07. The Morgan fingerprint density at radius 2 is 1.82 bits per heavy atom. The first-order valence-corrected chi connectivity index (χ1v) is 12.4. The number of fused-ring (bicyclic) bond motifs is 1. The molecule has 0 spiro atoms. The Kier molecular flexibility index (Phi) is 7.17. The van der Waals surface area contributed by atoms with Crippen molar-refractivity contribution in [2.24, 2.45) is 0 Å². The zero-order valence-corrected chi connectivity index (χ0v) is 20.8. The number of hydrogen-bond acceptors (Lipinski definition) is 5. The summed E-state index contributed by atoms with van der Waals surface area (Å²) in [5.74, 6) is -0.00107. The smallest absolute Gasteiger partial charge is 0.280 e. The number of anilines is 1. The van der Waals surface area contributed by atoms with Gasteiger partial charge in [-0.1, -0.05) is 60.6 Å². The summed E-state index contributed by atoms with van der Waals surface area (Å²) in [6, 6.07) is 15.9. The maximum absolute atomic E-state index is 13.6. The van der Waals surface area contributed by atoms with Crippen LogP contribution in [0.1, 0.15) is 36.2 Å². The number of aromatic nitrogens is 4. The second-order valence-electron chi connectivity index (χ2n) is 8.26. The summed E-state index contributed by atoms with van der Waals surface area (Å²) in [5, 5.41) is 7.95. The highest BCUT2D eigenvalue weighted by Crippen LogP contribution is 2.22. The number of benzene rings is 2. The third-order valence-electron chi connectivity index (χ3n) is 5.69. The maximum Gasteiger partial charge on any atom is 0.280 e. The highest BCUT2D eigenvalue weighted by atomic mass is 32.2. The molecule has 176 valence electrons. The van der Waals surface area contributed by atoms with E-state index < -0.39 is 0 Å². The lowest BCUT2D eigenvalue weighted by Crippen LogP contribution is -2.26. The molecule has 8 heteroatoms. The van der Waals surface area contributed by atoms with Crippen LogP contribution in [-0.2, 0) is 24.3 Å². The number of aryl methyl sites for hydroxylation is 4. The lowest BCUT2D eigenvalue weighted by Gasteiger charge is -2.13. The molecule has 34 heavy (non-hydrogen) atoms. The van der Waals surface area contributed by atoms with Gasteiger partial charge in [-0.05, 0) is 50.5 Å². The van der Waals surface area contributed by atoms with Crippen LogP contribution in [0.5, 0.6) is 0 Å². The van der Waals surface area contributed by atoms with Crippen LogP contribution in [-0.4, -0.2) is 31.0 Å². The van der Waals surface area contributed by atoms with Gasteiger partial charge in [0.25, 0.3) is 5.56 Å². The first-order valence-electron chi connectivity index (χ1n) is 11.4. The zero-order chi connectivity index (χ0) is 24.2. The van der Waals surface area contributed by atoms with Crippen molar-refractivity contribution in [1.29, 1.82) is 0 Å². The van der Waals surface area contributed by atoms with Crippen LogP contribution >= 0.6 is 11.8 Å². The fourth-order valence-electron chi connectivity index (χ4n) is 3.84. The maximum atomic E-state index is 13.6. The summed E-state index contributed by atoms with van der Waals surface area (Å²) >= 11 is 1.26. The molecular formula is C26H29N5O2S. The Morgan fingerprint density at radius 3 is 2.53 bits per heavy atom. The van der Waals surface area contributed by atoms with Gasteiger partial charge in [-0.15, -0.1) is 0 Å². The first-order chi connectivity index (χ1) is 16.4. The van der Waals surface area contributed by atoms with E-state index in [0.29, 0.717) is 35.0 Å². The number of nitrogens with zero attached hydrogens (tertiary/aromatic N) is 4. The molecule has 2 aromatic carbocycles. The van der Waals surface area contributed by atoms with Gasteiger partial charge in [-0.2, -0.15) is 5.10 Å². The van der Waals surface area contributed by atoms with Crippen molar-refractivity contribution in [3.05, 3.63) is 81.3 Å². The van der Waals surface area contributed by atoms with E-state index in [-0.39, 0.29) is 17.2 Å². The summed E-state index contributed by atoms with van der Waals surface area (Å²) in [4.78, 5) is 31.0. The van der Waals surface area contributed by atoms with Gasteiger partial charge in [0.2, 0.25) is 5.91 Å².